The lowest BCUT2D eigenvalue weighted by atomic mass is 10.0. The summed E-state index contributed by atoms with van der Waals surface area (Å²) < 4.78 is 0. The van der Waals surface area contributed by atoms with Gasteiger partial charge in [0.2, 0.25) is 0 Å². The molecule has 104 valence electrons. The lowest BCUT2D eigenvalue weighted by Gasteiger charge is -2.19. The molecule has 0 aliphatic heterocycles. The molecule has 1 aromatic heterocycles. The van der Waals surface area contributed by atoms with Gasteiger partial charge in [0.25, 0.3) is 0 Å². The highest BCUT2D eigenvalue weighted by atomic mass is 16.4. The Balaban J connectivity index is 2.28. The standard InChI is InChI=1S/C15H17N3O2/c1-2-12(10-6-4-3-5-7-10)17-14-11(16)8-9-13(18-14)15(19)20/h3-9,12H,2,16H2,1H3,(H,17,18)(H,19,20). The number of anilines is 2. The Morgan fingerprint density at radius 1 is 1.30 bits per heavy atom. The summed E-state index contributed by atoms with van der Waals surface area (Å²) in [5.41, 5.74) is 7.37. The molecule has 0 aliphatic carbocycles. The van der Waals surface area contributed by atoms with Gasteiger partial charge in [-0.3, -0.25) is 0 Å². The number of benzene rings is 1. The Hall–Kier alpha value is -2.56. The van der Waals surface area contributed by atoms with Crippen molar-refractivity contribution in [2.75, 3.05) is 11.1 Å². The lowest BCUT2D eigenvalue weighted by molar-refractivity contribution is 0.0690. The maximum Gasteiger partial charge on any atom is 0.354 e. The van der Waals surface area contributed by atoms with E-state index in [-0.39, 0.29) is 11.7 Å². The molecule has 2 rings (SSSR count). The topological polar surface area (TPSA) is 88.2 Å². The second-order valence-corrected chi connectivity index (χ2v) is 4.46. The highest BCUT2D eigenvalue weighted by Gasteiger charge is 2.13. The van der Waals surface area contributed by atoms with Crippen LogP contribution in [0.3, 0.4) is 0 Å². The first-order valence-electron chi connectivity index (χ1n) is 6.43. The number of carbonyl (C=O) groups is 1. The van der Waals surface area contributed by atoms with Crippen LogP contribution in [0.4, 0.5) is 11.5 Å². The smallest absolute Gasteiger partial charge is 0.354 e. The summed E-state index contributed by atoms with van der Waals surface area (Å²) in [7, 11) is 0. The largest absolute Gasteiger partial charge is 0.477 e. The first-order chi connectivity index (χ1) is 9.61. The van der Waals surface area contributed by atoms with E-state index in [4.69, 9.17) is 10.8 Å². The van der Waals surface area contributed by atoms with E-state index in [1.807, 2.05) is 37.3 Å². The van der Waals surface area contributed by atoms with Crippen LogP contribution in [0, 0.1) is 0 Å². The van der Waals surface area contributed by atoms with Gasteiger partial charge < -0.3 is 16.2 Å². The van der Waals surface area contributed by atoms with Crippen molar-refractivity contribution in [1.29, 1.82) is 0 Å². The molecule has 5 heteroatoms. The fourth-order valence-corrected chi connectivity index (χ4v) is 1.98. The minimum Gasteiger partial charge on any atom is -0.477 e. The fourth-order valence-electron chi connectivity index (χ4n) is 1.98. The Morgan fingerprint density at radius 3 is 2.60 bits per heavy atom. The maximum atomic E-state index is 11.0. The van der Waals surface area contributed by atoms with Crippen LogP contribution in [0.25, 0.3) is 0 Å². The van der Waals surface area contributed by atoms with E-state index in [2.05, 4.69) is 10.3 Å². The number of nitrogens with zero attached hydrogens (tertiary/aromatic N) is 1. The van der Waals surface area contributed by atoms with Crippen LogP contribution in [0.5, 0.6) is 0 Å². The second kappa shape index (κ2) is 6.06. The first-order valence-corrected chi connectivity index (χ1v) is 6.43. The molecule has 2 aromatic rings. The molecule has 4 N–H and O–H groups in total. The highest BCUT2D eigenvalue weighted by molar-refractivity contribution is 5.86. The molecule has 5 nitrogen and oxygen atoms in total. The average Bonchev–Trinajstić information content (AvgIpc) is 2.47. The monoisotopic (exact) mass is 271 g/mol. The third-order valence-corrected chi connectivity index (χ3v) is 3.07. The second-order valence-electron chi connectivity index (χ2n) is 4.46. The molecule has 1 aromatic carbocycles. The summed E-state index contributed by atoms with van der Waals surface area (Å²) in [6.45, 7) is 2.04. The first kappa shape index (κ1) is 13.9. The summed E-state index contributed by atoms with van der Waals surface area (Å²) in [6, 6.07) is 12.9. The van der Waals surface area contributed by atoms with Crippen molar-refractivity contribution in [3.8, 4) is 0 Å². The molecule has 0 saturated heterocycles. The summed E-state index contributed by atoms with van der Waals surface area (Å²) >= 11 is 0. The maximum absolute atomic E-state index is 11.0. The molecule has 1 unspecified atom stereocenters. The number of pyridine rings is 1. The molecule has 0 amide bonds. The Labute approximate surface area is 117 Å². The van der Waals surface area contributed by atoms with E-state index in [0.29, 0.717) is 11.5 Å². The number of nitrogens with one attached hydrogen (secondary N) is 1. The van der Waals surface area contributed by atoms with Crippen molar-refractivity contribution < 1.29 is 9.90 Å². The molecule has 1 heterocycles. The van der Waals surface area contributed by atoms with Crippen molar-refractivity contribution in [3.05, 3.63) is 53.7 Å². The van der Waals surface area contributed by atoms with Crippen LogP contribution in [-0.4, -0.2) is 16.1 Å². The molecular formula is C15H17N3O2. The zero-order valence-electron chi connectivity index (χ0n) is 11.2. The minimum atomic E-state index is -1.07. The SMILES string of the molecule is CCC(Nc1nc(C(=O)O)ccc1N)c1ccccc1. The van der Waals surface area contributed by atoms with Gasteiger partial charge in [-0.15, -0.1) is 0 Å². The molecule has 20 heavy (non-hydrogen) atoms. The Morgan fingerprint density at radius 2 is 2.00 bits per heavy atom. The normalized spacial score (nSPS) is 11.8. The van der Waals surface area contributed by atoms with Crippen LogP contribution in [0.2, 0.25) is 0 Å². The molecule has 0 fully saturated rings. The van der Waals surface area contributed by atoms with E-state index in [1.54, 1.807) is 6.07 Å². The Kier molecular flexibility index (Phi) is 4.20. The third-order valence-electron chi connectivity index (χ3n) is 3.07. The number of hydrogen-bond donors (Lipinski definition) is 3. The van der Waals surface area contributed by atoms with Gasteiger partial charge in [0.15, 0.2) is 11.5 Å². The van der Waals surface area contributed by atoms with E-state index in [0.717, 1.165) is 12.0 Å². The van der Waals surface area contributed by atoms with E-state index < -0.39 is 5.97 Å². The van der Waals surface area contributed by atoms with Crippen LogP contribution in [-0.2, 0) is 0 Å². The summed E-state index contributed by atoms with van der Waals surface area (Å²) in [5.74, 6) is -0.665. The van der Waals surface area contributed by atoms with Gasteiger partial charge in [0, 0.05) is 0 Å². The van der Waals surface area contributed by atoms with E-state index in [1.165, 1.54) is 6.07 Å². The number of rotatable bonds is 5. The number of carboxylic acids is 1. The van der Waals surface area contributed by atoms with Gasteiger partial charge >= 0.3 is 5.97 Å². The lowest BCUT2D eigenvalue weighted by Crippen LogP contribution is -2.14. The van der Waals surface area contributed by atoms with Crippen LogP contribution in [0.15, 0.2) is 42.5 Å². The number of nitrogens with two attached hydrogens (primary N) is 1. The molecular weight excluding hydrogens is 254 g/mol. The zero-order chi connectivity index (χ0) is 14.5. The fraction of sp³-hybridized carbons (Fsp3) is 0.200. The summed E-state index contributed by atoms with van der Waals surface area (Å²) in [6.07, 6.45) is 0.836. The van der Waals surface area contributed by atoms with Crippen LogP contribution in [0.1, 0.15) is 35.4 Å². The highest BCUT2D eigenvalue weighted by Crippen LogP contribution is 2.25. The summed E-state index contributed by atoms with van der Waals surface area (Å²) in [5, 5.41) is 12.2. The molecule has 0 bridgehead atoms. The van der Waals surface area contributed by atoms with Crippen molar-refractivity contribution in [3.63, 3.8) is 0 Å². The number of nitrogen functional groups attached to an aromatic ring is 1. The molecule has 0 radical (unpaired) electrons. The van der Waals surface area contributed by atoms with Crippen LogP contribution < -0.4 is 11.1 Å². The number of aromatic carboxylic acids is 1. The van der Waals surface area contributed by atoms with Crippen molar-refractivity contribution in [2.45, 2.75) is 19.4 Å². The number of aromatic nitrogens is 1. The molecule has 1 atom stereocenters. The van der Waals surface area contributed by atoms with E-state index in [9.17, 15) is 4.79 Å². The molecule has 0 aliphatic rings. The van der Waals surface area contributed by atoms with Gasteiger partial charge in [0.1, 0.15) is 0 Å². The third kappa shape index (κ3) is 3.06. The van der Waals surface area contributed by atoms with Crippen molar-refractivity contribution in [1.82, 2.24) is 4.98 Å². The number of hydrogen-bond acceptors (Lipinski definition) is 4. The van der Waals surface area contributed by atoms with Gasteiger partial charge in [-0.05, 0) is 24.1 Å². The predicted octanol–water partition coefficient (Wildman–Crippen LogP) is 2.93. The summed E-state index contributed by atoms with van der Waals surface area (Å²) in [4.78, 5) is 15.0. The zero-order valence-corrected chi connectivity index (χ0v) is 11.2. The van der Waals surface area contributed by atoms with Gasteiger partial charge in [-0.2, -0.15) is 0 Å². The molecule has 0 saturated carbocycles. The quantitative estimate of drug-likeness (QED) is 0.778. The van der Waals surface area contributed by atoms with Crippen molar-refractivity contribution in [2.24, 2.45) is 0 Å². The molecule has 0 spiro atoms. The predicted molar refractivity (Wildman–Crippen MR) is 78.7 cm³/mol. The minimum absolute atomic E-state index is 0.0235. The van der Waals surface area contributed by atoms with Gasteiger partial charge in [-0.25, -0.2) is 9.78 Å². The Bertz CT molecular complexity index is 599. The van der Waals surface area contributed by atoms with Crippen LogP contribution >= 0.6 is 0 Å². The van der Waals surface area contributed by atoms with E-state index >= 15 is 0 Å². The average molecular weight is 271 g/mol. The van der Waals surface area contributed by atoms with Crippen molar-refractivity contribution >= 4 is 17.5 Å². The van der Waals surface area contributed by atoms with Gasteiger partial charge in [-0.1, -0.05) is 37.3 Å². The number of carboxylic acid groups (broad SMARTS) is 1. The van der Waals surface area contributed by atoms with Gasteiger partial charge in [0.05, 0.1) is 11.7 Å².